The lowest BCUT2D eigenvalue weighted by molar-refractivity contribution is 0.102. The Balaban J connectivity index is 2.14. The largest absolute Gasteiger partial charge is 0.506 e. The van der Waals surface area contributed by atoms with Gasteiger partial charge in [-0.25, -0.2) is 0 Å². The number of pyridine rings is 1. The zero-order valence-corrected chi connectivity index (χ0v) is 8.47. The number of carbonyl (C=O) groups excluding carboxylic acids is 1. The van der Waals surface area contributed by atoms with Crippen molar-refractivity contribution in [1.29, 1.82) is 0 Å². The molecule has 0 radical (unpaired) electrons. The first-order valence-corrected chi connectivity index (χ1v) is 4.54. The number of anilines is 1. The lowest BCUT2D eigenvalue weighted by Gasteiger charge is -2.00. The molecule has 2 rings (SSSR count). The number of aryl methyl sites for hydroxylation is 1. The van der Waals surface area contributed by atoms with Gasteiger partial charge in [-0.15, -0.1) is 0 Å². The molecule has 0 aliphatic rings. The van der Waals surface area contributed by atoms with Gasteiger partial charge in [0.15, 0.2) is 0 Å². The van der Waals surface area contributed by atoms with Crippen molar-refractivity contribution in [2.75, 3.05) is 5.32 Å². The molecule has 0 spiro atoms. The zero-order chi connectivity index (χ0) is 11.5. The van der Waals surface area contributed by atoms with Crippen molar-refractivity contribution in [2.45, 2.75) is 6.92 Å². The fourth-order valence-corrected chi connectivity index (χ4v) is 1.16. The Bertz CT molecular complexity index is 522. The minimum atomic E-state index is -0.417. The fraction of sp³-hybridized carbons (Fsp3) is 0.100. The van der Waals surface area contributed by atoms with E-state index in [1.807, 2.05) is 0 Å². The van der Waals surface area contributed by atoms with Gasteiger partial charge in [0.2, 0.25) is 5.88 Å². The topological polar surface area (TPSA) is 88.2 Å². The van der Waals surface area contributed by atoms with Gasteiger partial charge in [-0.1, -0.05) is 5.16 Å². The highest BCUT2D eigenvalue weighted by atomic mass is 16.5. The average Bonchev–Trinajstić information content (AvgIpc) is 2.64. The van der Waals surface area contributed by atoms with Gasteiger partial charge in [-0.3, -0.25) is 15.1 Å². The van der Waals surface area contributed by atoms with Crippen molar-refractivity contribution >= 4 is 11.8 Å². The van der Waals surface area contributed by atoms with Gasteiger partial charge < -0.3 is 9.63 Å². The summed E-state index contributed by atoms with van der Waals surface area (Å²) < 4.78 is 4.82. The van der Waals surface area contributed by atoms with Crippen molar-refractivity contribution in [2.24, 2.45) is 0 Å². The highest BCUT2D eigenvalue weighted by Crippen LogP contribution is 2.12. The molecule has 2 aromatic heterocycles. The lowest BCUT2D eigenvalue weighted by atomic mass is 10.2. The standard InChI is InChI=1S/C10H9N3O3/c1-6-2-9(16-13-6)12-10(15)7-3-8(14)5-11-4-7/h2-5,14H,1H3,(H,12,15). The molecule has 1 amide bonds. The average molecular weight is 219 g/mol. The van der Waals surface area contributed by atoms with Crippen LogP contribution in [0.2, 0.25) is 0 Å². The van der Waals surface area contributed by atoms with Crippen LogP contribution in [0.3, 0.4) is 0 Å². The van der Waals surface area contributed by atoms with Crippen molar-refractivity contribution in [1.82, 2.24) is 10.1 Å². The molecule has 6 nitrogen and oxygen atoms in total. The van der Waals surface area contributed by atoms with Crippen LogP contribution in [-0.2, 0) is 0 Å². The Hall–Kier alpha value is -2.37. The highest BCUT2D eigenvalue weighted by molar-refractivity contribution is 6.03. The number of carbonyl (C=O) groups is 1. The second-order valence-corrected chi connectivity index (χ2v) is 3.22. The number of rotatable bonds is 2. The van der Waals surface area contributed by atoms with Crippen molar-refractivity contribution in [3.8, 4) is 5.75 Å². The minimum absolute atomic E-state index is 0.0681. The third-order valence-electron chi connectivity index (χ3n) is 1.85. The van der Waals surface area contributed by atoms with Gasteiger partial charge in [-0.05, 0) is 13.0 Å². The van der Waals surface area contributed by atoms with E-state index in [1.165, 1.54) is 18.5 Å². The van der Waals surface area contributed by atoms with E-state index < -0.39 is 5.91 Å². The highest BCUT2D eigenvalue weighted by Gasteiger charge is 2.09. The maximum atomic E-state index is 11.6. The molecule has 0 saturated heterocycles. The third-order valence-corrected chi connectivity index (χ3v) is 1.85. The fourth-order valence-electron chi connectivity index (χ4n) is 1.16. The van der Waals surface area contributed by atoms with E-state index >= 15 is 0 Å². The number of nitrogens with zero attached hydrogens (tertiary/aromatic N) is 2. The molecular formula is C10H9N3O3. The summed E-state index contributed by atoms with van der Waals surface area (Å²) in [6.45, 7) is 1.75. The van der Waals surface area contributed by atoms with E-state index in [4.69, 9.17) is 9.63 Å². The number of hydrogen-bond acceptors (Lipinski definition) is 5. The molecule has 0 aromatic carbocycles. The zero-order valence-electron chi connectivity index (χ0n) is 8.47. The van der Waals surface area contributed by atoms with Crippen molar-refractivity contribution in [3.63, 3.8) is 0 Å². The first-order valence-electron chi connectivity index (χ1n) is 4.54. The molecule has 2 heterocycles. The summed E-state index contributed by atoms with van der Waals surface area (Å²) in [5, 5.41) is 15.3. The summed E-state index contributed by atoms with van der Waals surface area (Å²) >= 11 is 0. The molecule has 0 bridgehead atoms. The van der Waals surface area contributed by atoms with Crippen LogP contribution in [0.5, 0.6) is 5.75 Å². The van der Waals surface area contributed by atoms with E-state index in [0.29, 0.717) is 5.69 Å². The Morgan fingerprint density at radius 3 is 2.88 bits per heavy atom. The maximum Gasteiger partial charge on any atom is 0.259 e. The third kappa shape index (κ3) is 2.17. The number of aromatic nitrogens is 2. The van der Waals surface area contributed by atoms with Crippen molar-refractivity contribution in [3.05, 3.63) is 35.8 Å². The van der Waals surface area contributed by atoms with E-state index in [1.54, 1.807) is 13.0 Å². The quantitative estimate of drug-likeness (QED) is 0.795. The van der Waals surface area contributed by atoms with E-state index in [9.17, 15) is 4.79 Å². The molecule has 0 saturated carbocycles. The van der Waals surface area contributed by atoms with Crippen LogP contribution in [0.1, 0.15) is 16.1 Å². The van der Waals surface area contributed by atoms with E-state index in [-0.39, 0.29) is 17.2 Å². The van der Waals surface area contributed by atoms with Gasteiger partial charge in [0.1, 0.15) is 5.75 Å². The van der Waals surface area contributed by atoms with Gasteiger partial charge in [0.05, 0.1) is 17.5 Å². The van der Waals surface area contributed by atoms with Gasteiger partial charge in [0, 0.05) is 12.3 Å². The number of amides is 1. The Kier molecular flexibility index (Phi) is 2.55. The van der Waals surface area contributed by atoms with E-state index in [0.717, 1.165) is 0 Å². The Labute approximate surface area is 90.9 Å². The van der Waals surface area contributed by atoms with Crippen LogP contribution >= 0.6 is 0 Å². The number of hydrogen-bond donors (Lipinski definition) is 2. The summed E-state index contributed by atoms with van der Waals surface area (Å²) in [6.07, 6.45) is 2.59. The van der Waals surface area contributed by atoms with Crippen LogP contribution in [0.25, 0.3) is 0 Å². The molecule has 2 N–H and O–H groups in total. The molecule has 0 atom stereocenters. The van der Waals surface area contributed by atoms with E-state index in [2.05, 4.69) is 15.5 Å². The molecule has 0 aliphatic heterocycles. The second-order valence-electron chi connectivity index (χ2n) is 3.22. The maximum absolute atomic E-state index is 11.6. The summed E-state index contributed by atoms with van der Waals surface area (Å²) in [5.41, 5.74) is 0.915. The van der Waals surface area contributed by atoms with Gasteiger partial charge in [0.25, 0.3) is 5.91 Å². The summed E-state index contributed by atoms with van der Waals surface area (Å²) in [5.74, 6) is -0.230. The van der Waals surface area contributed by atoms with Crippen LogP contribution in [0.4, 0.5) is 5.88 Å². The number of nitrogens with one attached hydrogen (secondary N) is 1. The second kappa shape index (κ2) is 4.01. The SMILES string of the molecule is Cc1cc(NC(=O)c2cncc(O)c2)on1. The van der Waals surface area contributed by atoms with Gasteiger partial charge in [-0.2, -0.15) is 0 Å². The van der Waals surface area contributed by atoms with Crippen molar-refractivity contribution < 1.29 is 14.4 Å². The first kappa shape index (κ1) is 10.2. The lowest BCUT2D eigenvalue weighted by Crippen LogP contribution is -2.11. The molecule has 0 unspecified atom stereocenters. The predicted molar refractivity (Wildman–Crippen MR) is 55.1 cm³/mol. The molecule has 2 aromatic rings. The molecular weight excluding hydrogens is 210 g/mol. The summed E-state index contributed by atoms with van der Waals surface area (Å²) in [6, 6.07) is 2.90. The molecule has 6 heteroatoms. The molecule has 0 fully saturated rings. The van der Waals surface area contributed by atoms with Gasteiger partial charge >= 0.3 is 0 Å². The minimum Gasteiger partial charge on any atom is -0.506 e. The molecule has 16 heavy (non-hydrogen) atoms. The molecule has 0 aliphatic carbocycles. The summed E-state index contributed by atoms with van der Waals surface area (Å²) in [7, 11) is 0. The first-order chi connectivity index (χ1) is 7.65. The Morgan fingerprint density at radius 2 is 2.25 bits per heavy atom. The smallest absolute Gasteiger partial charge is 0.259 e. The predicted octanol–water partition coefficient (Wildman–Crippen LogP) is 1.34. The normalized spacial score (nSPS) is 10.1. The molecule has 82 valence electrons. The van der Waals surface area contributed by atoms with Crippen LogP contribution < -0.4 is 5.32 Å². The monoisotopic (exact) mass is 219 g/mol. The van der Waals surface area contributed by atoms with Crippen LogP contribution in [0.15, 0.2) is 29.0 Å². The van der Waals surface area contributed by atoms with Crippen LogP contribution in [0, 0.1) is 6.92 Å². The number of aromatic hydroxyl groups is 1. The summed E-state index contributed by atoms with van der Waals surface area (Å²) in [4.78, 5) is 15.3. The Morgan fingerprint density at radius 1 is 1.44 bits per heavy atom. The van der Waals surface area contributed by atoms with Crippen LogP contribution in [-0.4, -0.2) is 21.2 Å².